The molecule has 1 unspecified atom stereocenters. The molecule has 0 fully saturated rings. The van der Waals surface area contributed by atoms with Crippen LogP contribution in [0.1, 0.15) is 31.1 Å². The highest BCUT2D eigenvalue weighted by Crippen LogP contribution is 2.23. The number of nitrogen functional groups attached to an aromatic ring is 1. The van der Waals surface area contributed by atoms with Crippen molar-refractivity contribution in [2.75, 3.05) is 18.9 Å². The van der Waals surface area contributed by atoms with Crippen LogP contribution in [0.3, 0.4) is 0 Å². The molecule has 0 spiro atoms. The van der Waals surface area contributed by atoms with Crippen LogP contribution < -0.4 is 11.1 Å². The van der Waals surface area contributed by atoms with Gasteiger partial charge in [-0.15, -0.1) is 0 Å². The van der Waals surface area contributed by atoms with E-state index in [2.05, 4.69) is 21.2 Å². The molecule has 3 N–H and O–H groups in total. The smallest absolute Gasteiger partial charge is 0.252 e. The van der Waals surface area contributed by atoms with Crippen molar-refractivity contribution in [2.45, 2.75) is 26.8 Å². The van der Waals surface area contributed by atoms with Gasteiger partial charge in [0.15, 0.2) is 0 Å². The maximum atomic E-state index is 13.3. The number of amides is 1. The highest BCUT2D eigenvalue weighted by atomic mass is 79.9. The average Bonchev–Trinajstić information content (AvgIpc) is 2.38. The maximum Gasteiger partial charge on any atom is 0.252 e. The van der Waals surface area contributed by atoms with E-state index in [-0.39, 0.29) is 23.6 Å². The summed E-state index contributed by atoms with van der Waals surface area (Å²) < 4.78 is 19.0. The molecule has 0 aliphatic heterocycles. The fourth-order valence-corrected chi connectivity index (χ4v) is 2.13. The summed E-state index contributed by atoms with van der Waals surface area (Å²) in [6, 6.07) is 2.41. The number of anilines is 1. The van der Waals surface area contributed by atoms with Gasteiger partial charge in [0.2, 0.25) is 0 Å². The van der Waals surface area contributed by atoms with E-state index in [1.54, 1.807) is 0 Å². The lowest BCUT2D eigenvalue weighted by Gasteiger charge is -2.22. The van der Waals surface area contributed by atoms with Crippen molar-refractivity contribution < 1.29 is 13.9 Å². The Morgan fingerprint density at radius 1 is 1.50 bits per heavy atom. The maximum absolute atomic E-state index is 13.3. The highest BCUT2D eigenvalue weighted by Gasteiger charge is 2.19. The van der Waals surface area contributed by atoms with Crippen molar-refractivity contribution in [3.05, 3.63) is 28.0 Å². The number of hydrogen-bond acceptors (Lipinski definition) is 3. The van der Waals surface area contributed by atoms with Crippen LogP contribution in [-0.4, -0.2) is 25.2 Å². The van der Waals surface area contributed by atoms with Gasteiger partial charge in [0.1, 0.15) is 5.82 Å². The molecule has 0 aliphatic carbocycles. The van der Waals surface area contributed by atoms with Crippen molar-refractivity contribution in [1.82, 2.24) is 5.32 Å². The van der Waals surface area contributed by atoms with Crippen molar-refractivity contribution in [1.29, 1.82) is 0 Å². The largest absolute Gasteiger partial charge is 0.396 e. The number of hydrogen-bond donors (Lipinski definition) is 2. The highest BCUT2D eigenvalue weighted by molar-refractivity contribution is 9.10. The summed E-state index contributed by atoms with van der Waals surface area (Å²) in [5.74, 6) is -0.632. The van der Waals surface area contributed by atoms with Crippen LogP contribution in [0, 0.1) is 11.7 Å². The molecule has 0 radical (unpaired) electrons. The Bertz CT molecular complexity index is 480. The number of benzene rings is 1. The van der Waals surface area contributed by atoms with Gasteiger partial charge in [0, 0.05) is 11.1 Å². The van der Waals surface area contributed by atoms with Crippen LogP contribution in [0.4, 0.5) is 10.1 Å². The van der Waals surface area contributed by atoms with Crippen LogP contribution in [0.5, 0.6) is 0 Å². The monoisotopic (exact) mass is 346 g/mol. The summed E-state index contributed by atoms with van der Waals surface area (Å²) >= 11 is 3.17. The molecule has 0 aliphatic rings. The Labute approximate surface area is 127 Å². The van der Waals surface area contributed by atoms with Gasteiger partial charge in [-0.1, -0.05) is 13.8 Å². The van der Waals surface area contributed by atoms with Gasteiger partial charge >= 0.3 is 0 Å². The first kappa shape index (κ1) is 16.9. The molecule has 0 saturated heterocycles. The van der Waals surface area contributed by atoms with Crippen LogP contribution >= 0.6 is 15.9 Å². The van der Waals surface area contributed by atoms with Crippen LogP contribution in [0.2, 0.25) is 0 Å². The summed E-state index contributed by atoms with van der Waals surface area (Å²) in [4.78, 5) is 12.2. The standard InChI is InChI=1S/C14H20BrFN2O2/c1-4-20-7-13(8(2)3)18-14(19)9-5-12(17)11(16)6-10(9)15/h5-6,8,13H,4,7,17H2,1-3H3,(H,18,19). The minimum absolute atomic E-state index is 0.0516. The SMILES string of the molecule is CCOCC(NC(=O)c1cc(N)c(F)cc1Br)C(C)C. The van der Waals surface area contributed by atoms with Gasteiger partial charge in [0.25, 0.3) is 5.91 Å². The zero-order chi connectivity index (χ0) is 15.3. The van der Waals surface area contributed by atoms with E-state index in [0.717, 1.165) is 0 Å². The van der Waals surface area contributed by atoms with Gasteiger partial charge in [-0.3, -0.25) is 4.79 Å². The molecule has 4 nitrogen and oxygen atoms in total. The first-order valence-electron chi connectivity index (χ1n) is 6.49. The van der Waals surface area contributed by atoms with Crippen LogP contribution in [-0.2, 0) is 4.74 Å². The lowest BCUT2D eigenvalue weighted by molar-refractivity contribution is 0.0805. The first-order valence-corrected chi connectivity index (χ1v) is 7.29. The summed E-state index contributed by atoms with van der Waals surface area (Å²) in [6.07, 6.45) is 0. The Kier molecular flexibility index (Phi) is 6.42. The van der Waals surface area contributed by atoms with Crippen LogP contribution in [0.25, 0.3) is 0 Å². The van der Waals surface area contributed by atoms with Crippen molar-refractivity contribution >= 4 is 27.5 Å². The third kappa shape index (κ3) is 4.45. The second kappa shape index (κ2) is 7.59. The number of ether oxygens (including phenoxy) is 1. The number of nitrogens with one attached hydrogen (secondary N) is 1. The van der Waals surface area contributed by atoms with Crippen molar-refractivity contribution in [2.24, 2.45) is 5.92 Å². The second-order valence-corrected chi connectivity index (χ2v) is 5.69. The van der Waals surface area contributed by atoms with E-state index in [9.17, 15) is 9.18 Å². The number of carbonyl (C=O) groups excluding carboxylic acids is 1. The van der Waals surface area contributed by atoms with E-state index < -0.39 is 5.82 Å². The first-order chi connectivity index (χ1) is 9.36. The Morgan fingerprint density at radius 3 is 2.70 bits per heavy atom. The molecule has 0 saturated carbocycles. The predicted octanol–water partition coefficient (Wildman–Crippen LogP) is 2.96. The zero-order valence-electron chi connectivity index (χ0n) is 11.9. The van der Waals surface area contributed by atoms with Gasteiger partial charge < -0.3 is 15.8 Å². The van der Waals surface area contributed by atoms with Gasteiger partial charge in [-0.05, 0) is 40.9 Å². The molecule has 1 aromatic carbocycles. The third-order valence-corrected chi connectivity index (χ3v) is 3.61. The number of halogens is 2. The minimum atomic E-state index is -0.553. The van der Waals surface area contributed by atoms with E-state index in [0.29, 0.717) is 23.2 Å². The lowest BCUT2D eigenvalue weighted by Crippen LogP contribution is -2.42. The molecular formula is C14H20BrFN2O2. The lowest BCUT2D eigenvalue weighted by atomic mass is 10.0. The molecule has 1 amide bonds. The number of carbonyl (C=O) groups is 1. The molecule has 20 heavy (non-hydrogen) atoms. The predicted molar refractivity (Wildman–Crippen MR) is 81.1 cm³/mol. The van der Waals surface area contributed by atoms with Crippen molar-refractivity contribution in [3.63, 3.8) is 0 Å². The number of nitrogens with two attached hydrogens (primary N) is 1. The zero-order valence-corrected chi connectivity index (χ0v) is 13.5. The molecule has 0 bridgehead atoms. The molecular weight excluding hydrogens is 327 g/mol. The average molecular weight is 347 g/mol. The van der Waals surface area contributed by atoms with Gasteiger partial charge in [-0.2, -0.15) is 0 Å². The summed E-state index contributed by atoms with van der Waals surface area (Å²) in [6.45, 7) is 6.92. The van der Waals surface area contributed by atoms with E-state index in [1.807, 2.05) is 20.8 Å². The third-order valence-electron chi connectivity index (χ3n) is 2.95. The Balaban J connectivity index is 2.86. The quantitative estimate of drug-likeness (QED) is 0.778. The van der Waals surface area contributed by atoms with Gasteiger partial charge in [0.05, 0.1) is 23.9 Å². The minimum Gasteiger partial charge on any atom is -0.396 e. The van der Waals surface area contributed by atoms with E-state index in [4.69, 9.17) is 10.5 Å². The molecule has 0 aromatic heterocycles. The summed E-state index contributed by atoms with van der Waals surface area (Å²) in [7, 11) is 0. The van der Waals surface area contributed by atoms with Crippen molar-refractivity contribution in [3.8, 4) is 0 Å². The summed E-state index contributed by atoms with van der Waals surface area (Å²) in [5.41, 5.74) is 5.76. The number of rotatable bonds is 6. The molecule has 0 heterocycles. The topological polar surface area (TPSA) is 64.3 Å². The Morgan fingerprint density at radius 2 is 2.15 bits per heavy atom. The molecule has 1 rings (SSSR count). The fraction of sp³-hybridized carbons (Fsp3) is 0.500. The molecule has 6 heteroatoms. The molecule has 1 aromatic rings. The molecule has 1 atom stereocenters. The Hall–Kier alpha value is -1.14. The fourth-order valence-electron chi connectivity index (χ4n) is 1.63. The van der Waals surface area contributed by atoms with E-state index in [1.165, 1.54) is 12.1 Å². The van der Waals surface area contributed by atoms with Gasteiger partial charge in [-0.25, -0.2) is 4.39 Å². The van der Waals surface area contributed by atoms with E-state index >= 15 is 0 Å². The van der Waals surface area contributed by atoms with Crippen LogP contribution in [0.15, 0.2) is 16.6 Å². The normalized spacial score (nSPS) is 12.5. The molecule has 112 valence electrons. The second-order valence-electron chi connectivity index (χ2n) is 4.84. The summed E-state index contributed by atoms with van der Waals surface area (Å²) in [5, 5.41) is 2.88.